The van der Waals surface area contributed by atoms with Crippen LogP contribution in [0.1, 0.15) is 0 Å². The number of fused-ring (bicyclic) bond motifs is 15. The largest absolute Gasteiger partial charge is 0.307 e. The average molecular weight is 641 g/mol. The van der Waals surface area contributed by atoms with Crippen LogP contribution in [0.4, 0.5) is 0 Å². The molecule has 7 aromatic carbocycles. The van der Waals surface area contributed by atoms with E-state index in [1.165, 1.54) is 69.9 Å². The molecule has 0 aliphatic carbocycles. The molecule has 12 aromatic rings. The van der Waals surface area contributed by atoms with E-state index in [0.29, 0.717) is 0 Å². The zero-order chi connectivity index (χ0) is 31.8. The molecular formula is C44H24N4S. The predicted octanol–water partition coefficient (Wildman–Crippen LogP) is 11.9. The maximum Gasteiger partial charge on any atom is 0.162 e. The molecule has 0 bridgehead atoms. The summed E-state index contributed by atoms with van der Waals surface area (Å²) in [7, 11) is 0. The first-order valence-corrected chi connectivity index (χ1v) is 17.4. The van der Waals surface area contributed by atoms with Gasteiger partial charge in [0.1, 0.15) is 0 Å². The van der Waals surface area contributed by atoms with Gasteiger partial charge in [0.25, 0.3) is 0 Å². The van der Waals surface area contributed by atoms with E-state index in [4.69, 9.17) is 9.97 Å². The van der Waals surface area contributed by atoms with Gasteiger partial charge in [0.15, 0.2) is 11.6 Å². The minimum atomic E-state index is 0.732. The van der Waals surface area contributed by atoms with Gasteiger partial charge in [0.2, 0.25) is 0 Å². The SMILES string of the molecule is c1ccc(-c2nc(-n3c4ccccc4c4cc5c6ccc7ccccc7c6n6c7ccccc7c(c43)c56)c3sc4ccccc4c3n2)cc1. The maximum absolute atomic E-state index is 5.48. The Kier molecular flexibility index (Phi) is 4.83. The summed E-state index contributed by atoms with van der Waals surface area (Å²) in [5.74, 6) is 1.65. The quantitative estimate of drug-likeness (QED) is 0.188. The Morgan fingerprint density at radius 3 is 2.04 bits per heavy atom. The van der Waals surface area contributed by atoms with Crippen molar-refractivity contribution < 1.29 is 0 Å². The van der Waals surface area contributed by atoms with Crippen molar-refractivity contribution in [3.8, 4) is 17.2 Å². The van der Waals surface area contributed by atoms with Crippen molar-refractivity contribution in [2.75, 3.05) is 0 Å². The third-order valence-electron chi connectivity index (χ3n) is 10.4. The van der Waals surface area contributed by atoms with Crippen LogP contribution in [0.25, 0.3) is 108 Å². The first kappa shape index (κ1) is 25.7. The van der Waals surface area contributed by atoms with Gasteiger partial charge < -0.3 is 4.40 Å². The first-order chi connectivity index (χ1) is 24.3. The Morgan fingerprint density at radius 1 is 0.469 bits per heavy atom. The smallest absolute Gasteiger partial charge is 0.162 e. The molecule has 5 heterocycles. The van der Waals surface area contributed by atoms with Crippen LogP contribution in [0.5, 0.6) is 0 Å². The van der Waals surface area contributed by atoms with Crippen LogP contribution in [0, 0.1) is 0 Å². The molecule has 0 aliphatic rings. The summed E-state index contributed by atoms with van der Waals surface area (Å²) in [6, 6.07) is 52.5. The number of rotatable bonds is 2. The van der Waals surface area contributed by atoms with Crippen molar-refractivity contribution in [3.05, 3.63) is 146 Å². The van der Waals surface area contributed by atoms with Gasteiger partial charge in [-0.1, -0.05) is 121 Å². The van der Waals surface area contributed by atoms with E-state index in [1.54, 1.807) is 11.3 Å². The van der Waals surface area contributed by atoms with Crippen LogP contribution in [0.3, 0.4) is 0 Å². The van der Waals surface area contributed by atoms with Crippen LogP contribution in [-0.4, -0.2) is 18.9 Å². The van der Waals surface area contributed by atoms with E-state index >= 15 is 0 Å². The Bertz CT molecular complexity index is 3330. The van der Waals surface area contributed by atoms with E-state index in [2.05, 4.69) is 148 Å². The van der Waals surface area contributed by atoms with Crippen molar-refractivity contribution in [1.82, 2.24) is 18.9 Å². The lowest BCUT2D eigenvalue weighted by molar-refractivity contribution is 1.08. The van der Waals surface area contributed by atoms with Gasteiger partial charge in [0.05, 0.1) is 37.8 Å². The van der Waals surface area contributed by atoms with Crippen molar-refractivity contribution in [3.63, 3.8) is 0 Å². The number of benzene rings is 7. The summed E-state index contributed by atoms with van der Waals surface area (Å²) in [6.07, 6.45) is 0. The van der Waals surface area contributed by atoms with Crippen molar-refractivity contribution in [1.29, 1.82) is 0 Å². The molecule has 0 unspecified atom stereocenters. The molecule has 5 heteroatoms. The van der Waals surface area contributed by atoms with Gasteiger partial charge in [-0.3, -0.25) is 4.57 Å². The van der Waals surface area contributed by atoms with Gasteiger partial charge >= 0.3 is 0 Å². The molecule has 226 valence electrons. The summed E-state index contributed by atoms with van der Waals surface area (Å²) in [6.45, 7) is 0. The Hall–Kier alpha value is -6.30. The highest BCUT2D eigenvalue weighted by atomic mass is 32.1. The fourth-order valence-electron chi connectivity index (χ4n) is 8.42. The van der Waals surface area contributed by atoms with Gasteiger partial charge in [0, 0.05) is 53.4 Å². The second-order valence-corrected chi connectivity index (χ2v) is 14.0. The Morgan fingerprint density at radius 2 is 1.16 bits per heavy atom. The van der Waals surface area contributed by atoms with Crippen molar-refractivity contribution >= 4 is 102 Å². The molecule has 0 atom stereocenters. The fraction of sp³-hybridized carbons (Fsp3) is 0. The molecule has 0 saturated heterocycles. The number of thiophene rings is 1. The second-order valence-electron chi connectivity index (χ2n) is 12.9. The second kappa shape index (κ2) is 9.19. The predicted molar refractivity (Wildman–Crippen MR) is 207 cm³/mol. The number of para-hydroxylation sites is 2. The standard InChI is InChI=1S/C44H24N4S/c1-2-13-26(14-3-1)43-45-38-31-18-8-11-21-36(31)49-42(38)44(46-43)48-34-19-9-6-16-28(34)32-24-33-29-23-22-25-12-4-5-15-27(25)39(29)47-35-20-10-7-17-30(35)37(40(33)47)41(32)48/h1-24H. The molecule has 0 N–H and O–H groups in total. The lowest BCUT2D eigenvalue weighted by Gasteiger charge is -2.11. The number of hydrogen-bond donors (Lipinski definition) is 0. The fourth-order valence-corrected chi connectivity index (χ4v) is 9.54. The Balaban J connectivity index is 1.36. The van der Waals surface area contributed by atoms with E-state index in [0.717, 1.165) is 38.3 Å². The minimum Gasteiger partial charge on any atom is -0.307 e. The number of aromatic nitrogens is 4. The molecule has 49 heavy (non-hydrogen) atoms. The van der Waals surface area contributed by atoms with Gasteiger partial charge in [-0.15, -0.1) is 11.3 Å². The lowest BCUT2D eigenvalue weighted by Crippen LogP contribution is -2.01. The third-order valence-corrected chi connectivity index (χ3v) is 11.6. The molecule has 0 aliphatic heterocycles. The van der Waals surface area contributed by atoms with Crippen molar-refractivity contribution in [2.45, 2.75) is 0 Å². The van der Waals surface area contributed by atoms with E-state index < -0.39 is 0 Å². The highest BCUT2D eigenvalue weighted by molar-refractivity contribution is 7.26. The van der Waals surface area contributed by atoms with Gasteiger partial charge in [-0.25, -0.2) is 9.97 Å². The molecule has 0 saturated carbocycles. The molecule has 4 nitrogen and oxygen atoms in total. The summed E-state index contributed by atoms with van der Waals surface area (Å²) >= 11 is 1.78. The first-order valence-electron chi connectivity index (χ1n) is 16.6. The van der Waals surface area contributed by atoms with Crippen LogP contribution >= 0.6 is 11.3 Å². The van der Waals surface area contributed by atoms with Crippen LogP contribution in [0.2, 0.25) is 0 Å². The topological polar surface area (TPSA) is 35.1 Å². The van der Waals surface area contributed by atoms with E-state index in [-0.39, 0.29) is 0 Å². The number of hydrogen-bond acceptors (Lipinski definition) is 3. The summed E-state index contributed by atoms with van der Waals surface area (Å²) in [4.78, 5) is 10.7. The normalized spacial score (nSPS) is 12.5. The molecule has 0 amide bonds. The van der Waals surface area contributed by atoms with E-state index in [1.807, 2.05) is 6.07 Å². The third kappa shape index (κ3) is 3.23. The van der Waals surface area contributed by atoms with Crippen molar-refractivity contribution in [2.24, 2.45) is 0 Å². The Labute approximate surface area is 283 Å². The molecule has 12 rings (SSSR count). The van der Waals surface area contributed by atoms with E-state index in [9.17, 15) is 0 Å². The minimum absolute atomic E-state index is 0.732. The highest BCUT2D eigenvalue weighted by Gasteiger charge is 2.27. The molecule has 0 fully saturated rings. The zero-order valence-corrected chi connectivity index (χ0v) is 26.9. The summed E-state index contributed by atoms with van der Waals surface area (Å²) in [5.41, 5.74) is 8.07. The molecule has 0 spiro atoms. The van der Waals surface area contributed by atoms with Crippen LogP contribution in [0.15, 0.2) is 146 Å². The molecule has 5 aromatic heterocycles. The molecule has 0 radical (unpaired) electrons. The number of nitrogens with zero attached hydrogens (tertiary/aromatic N) is 4. The lowest BCUT2D eigenvalue weighted by atomic mass is 10.0. The zero-order valence-electron chi connectivity index (χ0n) is 26.1. The maximum atomic E-state index is 5.48. The van der Waals surface area contributed by atoms with Gasteiger partial charge in [-0.05, 0) is 29.7 Å². The summed E-state index contributed by atoms with van der Waals surface area (Å²) < 4.78 is 7.26. The highest BCUT2D eigenvalue weighted by Crippen LogP contribution is 2.48. The van der Waals surface area contributed by atoms with Crippen LogP contribution < -0.4 is 0 Å². The molecular weight excluding hydrogens is 617 g/mol. The average Bonchev–Trinajstić information content (AvgIpc) is 3.90. The summed E-state index contributed by atoms with van der Waals surface area (Å²) in [5, 5.41) is 11.2. The van der Waals surface area contributed by atoms with Crippen LogP contribution in [-0.2, 0) is 0 Å². The monoisotopic (exact) mass is 640 g/mol. The van der Waals surface area contributed by atoms with Gasteiger partial charge in [-0.2, -0.15) is 0 Å².